The molecular weight excluding hydrogens is 262 g/mol. The van der Waals surface area contributed by atoms with Crippen LogP contribution in [-0.2, 0) is 9.84 Å². The molecule has 94 valence electrons. The van der Waals surface area contributed by atoms with E-state index >= 15 is 0 Å². The van der Waals surface area contributed by atoms with E-state index in [1.54, 1.807) is 31.2 Å². The average molecular weight is 276 g/mol. The number of rotatable bonds is 4. The van der Waals surface area contributed by atoms with Crippen LogP contribution in [0.5, 0.6) is 0 Å². The van der Waals surface area contributed by atoms with Crippen molar-refractivity contribution in [1.82, 2.24) is 0 Å². The molecule has 0 spiro atoms. The van der Waals surface area contributed by atoms with Gasteiger partial charge in [-0.3, -0.25) is 0 Å². The summed E-state index contributed by atoms with van der Waals surface area (Å²) in [5.74, 6) is 0.000770. The molecule has 0 aliphatic carbocycles. The highest BCUT2D eigenvalue weighted by Crippen LogP contribution is 2.15. The van der Waals surface area contributed by atoms with E-state index in [2.05, 4.69) is 5.16 Å². The van der Waals surface area contributed by atoms with Gasteiger partial charge < -0.3 is 5.21 Å². The van der Waals surface area contributed by atoms with E-state index in [0.717, 1.165) is 0 Å². The number of sulfone groups is 1. The van der Waals surface area contributed by atoms with Gasteiger partial charge >= 0.3 is 0 Å². The zero-order valence-electron chi connectivity index (χ0n) is 9.59. The summed E-state index contributed by atoms with van der Waals surface area (Å²) in [5, 5.41) is 11.8. The second-order valence-electron chi connectivity index (χ2n) is 3.59. The first-order valence-electron chi connectivity index (χ1n) is 5.11. The zero-order chi connectivity index (χ0) is 13.1. The maximum absolute atomic E-state index is 11.7. The summed E-state index contributed by atoms with van der Waals surface area (Å²) in [4.78, 5) is 0. The number of halogens is 1. The van der Waals surface area contributed by atoms with Crippen LogP contribution in [-0.4, -0.2) is 30.3 Å². The lowest BCUT2D eigenvalue weighted by molar-refractivity contribution is 0.318. The lowest BCUT2D eigenvalue weighted by Crippen LogP contribution is -2.29. The Morgan fingerprint density at radius 3 is 2.35 bits per heavy atom. The van der Waals surface area contributed by atoms with Crippen LogP contribution < -0.4 is 0 Å². The van der Waals surface area contributed by atoms with Crippen LogP contribution in [0.15, 0.2) is 29.4 Å². The van der Waals surface area contributed by atoms with Crippen LogP contribution in [0.4, 0.5) is 0 Å². The molecule has 4 nitrogen and oxygen atoms in total. The molecule has 6 heteroatoms. The molecule has 0 fully saturated rings. The van der Waals surface area contributed by atoms with Gasteiger partial charge in [0.2, 0.25) is 0 Å². The Hall–Kier alpha value is -1.07. The quantitative estimate of drug-likeness (QED) is 0.521. The Kier molecular flexibility index (Phi) is 4.54. The van der Waals surface area contributed by atoms with Crippen molar-refractivity contribution >= 4 is 27.1 Å². The monoisotopic (exact) mass is 275 g/mol. The van der Waals surface area contributed by atoms with Crippen molar-refractivity contribution in [2.45, 2.75) is 19.1 Å². The predicted octanol–water partition coefficient (Wildman–Crippen LogP) is 2.34. The van der Waals surface area contributed by atoms with E-state index in [9.17, 15) is 8.42 Å². The van der Waals surface area contributed by atoms with Crippen molar-refractivity contribution in [2.24, 2.45) is 5.16 Å². The summed E-state index contributed by atoms with van der Waals surface area (Å²) in [6.45, 7) is 3.06. The second kappa shape index (κ2) is 5.51. The molecule has 0 radical (unpaired) electrons. The molecule has 1 atom stereocenters. The maximum Gasteiger partial charge on any atom is 0.158 e. The molecule has 1 aromatic carbocycles. The molecule has 17 heavy (non-hydrogen) atoms. The minimum absolute atomic E-state index is 0.000770. The molecule has 0 amide bonds. The number of nitrogens with zero attached hydrogens (tertiary/aromatic N) is 1. The highest BCUT2D eigenvalue weighted by molar-refractivity contribution is 7.92. The van der Waals surface area contributed by atoms with Crippen molar-refractivity contribution in [1.29, 1.82) is 0 Å². The zero-order valence-corrected chi connectivity index (χ0v) is 11.2. The van der Waals surface area contributed by atoms with Crippen molar-refractivity contribution in [3.05, 3.63) is 34.9 Å². The summed E-state index contributed by atoms with van der Waals surface area (Å²) >= 11 is 5.74. The largest absolute Gasteiger partial charge is 0.411 e. The molecule has 1 rings (SSSR count). The van der Waals surface area contributed by atoms with E-state index in [-0.39, 0.29) is 11.5 Å². The van der Waals surface area contributed by atoms with E-state index in [1.807, 2.05) is 0 Å². The van der Waals surface area contributed by atoms with Crippen molar-refractivity contribution in [3.8, 4) is 0 Å². The van der Waals surface area contributed by atoms with Gasteiger partial charge in [-0.25, -0.2) is 8.42 Å². The molecule has 0 aliphatic heterocycles. The minimum Gasteiger partial charge on any atom is -0.411 e. The first-order chi connectivity index (χ1) is 7.92. The van der Waals surface area contributed by atoms with Gasteiger partial charge in [0.15, 0.2) is 9.84 Å². The number of benzene rings is 1. The van der Waals surface area contributed by atoms with Crippen LogP contribution in [0, 0.1) is 0 Å². The molecule has 1 aromatic rings. The third-order valence-electron chi connectivity index (χ3n) is 2.57. The molecule has 0 saturated carbocycles. The van der Waals surface area contributed by atoms with Crippen LogP contribution >= 0.6 is 11.6 Å². The van der Waals surface area contributed by atoms with Crippen molar-refractivity contribution in [2.75, 3.05) is 5.75 Å². The van der Waals surface area contributed by atoms with Crippen LogP contribution in [0.2, 0.25) is 5.02 Å². The van der Waals surface area contributed by atoms with Gasteiger partial charge in [-0.2, -0.15) is 0 Å². The van der Waals surface area contributed by atoms with E-state index in [1.165, 1.54) is 6.92 Å². The summed E-state index contributed by atoms with van der Waals surface area (Å²) in [7, 11) is -3.29. The summed E-state index contributed by atoms with van der Waals surface area (Å²) in [6.07, 6.45) is 0. The molecule has 0 aromatic heterocycles. The smallest absolute Gasteiger partial charge is 0.158 e. The van der Waals surface area contributed by atoms with Crippen LogP contribution in [0.3, 0.4) is 0 Å². The fourth-order valence-electron chi connectivity index (χ4n) is 1.41. The topological polar surface area (TPSA) is 66.7 Å². The highest BCUT2D eigenvalue weighted by atomic mass is 35.5. The van der Waals surface area contributed by atoms with E-state index < -0.39 is 15.1 Å². The van der Waals surface area contributed by atoms with Crippen LogP contribution in [0.1, 0.15) is 19.4 Å². The van der Waals surface area contributed by atoms with Gasteiger partial charge in [0.25, 0.3) is 0 Å². The SMILES string of the molecule is CCS(=O)(=O)[C@H](C)/C(=N\O)c1ccc(Cl)cc1. The molecule has 0 saturated heterocycles. The molecule has 0 heterocycles. The molecule has 0 bridgehead atoms. The summed E-state index contributed by atoms with van der Waals surface area (Å²) in [5.41, 5.74) is 0.671. The Morgan fingerprint density at radius 2 is 1.94 bits per heavy atom. The Morgan fingerprint density at radius 1 is 1.41 bits per heavy atom. The van der Waals surface area contributed by atoms with Crippen LogP contribution in [0.25, 0.3) is 0 Å². The first-order valence-corrected chi connectivity index (χ1v) is 7.21. The third kappa shape index (κ3) is 3.20. The van der Waals surface area contributed by atoms with Gasteiger partial charge in [-0.15, -0.1) is 0 Å². The standard InChI is InChI=1S/C11H14ClNO3S/c1-3-17(15,16)8(2)11(13-14)9-4-6-10(12)7-5-9/h4-8,14H,3H2,1-2H3/b13-11+/t8-/m1/s1. The van der Waals surface area contributed by atoms with E-state index in [0.29, 0.717) is 10.6 Å². The van der Waals surface area contributed by atoms with Crippen molar-refractivity contribution in [3.63, 3.8) is 0 Å². The molecular formula is C11H14ClNO3S. The highest BCUT2D eigenvalue weighted by Gasteiger charge is 2.25. The Bertz CT molecular complexity index is 508. The maximum atomic E-state index is 11.7. The molecule has 1 N–H and O–H groups in total. The number of oxime groups is 1. The lowest BCUT2D eigenvalue weighted by Gasteiger charge is -2.13. The fraction of sp³-hybridized carbons (Fsp3) is 0.364. The van der Waals surface area contributed by atoms with Gasteiger partial charge in [-0.05, 0) is 19.1 Å². The summed E-state index contributed by atoms with van der Waals surface area (Å²) in [6, 6.07) is 6.48. The predicted molar refractivity (Wildman–Crippen MR) is 68.7 cm³/mol. The Balaban J connectivity index is 3.14. The van der Waals surface area contributed by atoms with Gasteiger partial charge in [0, 0.05) is 16.3 Å². The van der Waals surface area contributed by atoms with E-state index in [4.69, 9.17) is 16.8 Å². The second-order valence-corrected chi connectivity index (χ2v) is 6.63. The summed E-state index contributed by atoms with van der Waals surface area (Å²) < 4.78 is 23.4. The normalized spacial score (nSPS) is 14.6. The average Bonchev–Trinajstić information content (AvgIpc) is 2.32. The molecule has 0 unspecified atom stereocenters. The number of hydrogen-bond acceptors (Lipinski definition) is 4. The third-order valence-corrected chi connectivity index (χ3v) is 4.93. The van der Waals surface area contributed by atoms with Gasteiger partial charge in [0.05, 0.1) is 0 Å². The minimum atomic E-state index is -3.29. The first kappa shape index (κ1) is 14.0. The Labute approximate surface area is 106 Å². The molecule has 0 aliphatic rings. The van der Waals surface area contributed by atoms with Crippen molar-refractivity contribution < 1.29 is 13.6 Å². The number of hydrogen-bond donors (Lipinski definition) is 1. The van der Waals surface area contributed by atoms with Gasteiger partial charge in [-0.1, -0.05) is 35.8 Å². The van der Waals surface area contributed by atoms with Gasteiger partial charge in [0.1, 0.15) is 11.0 Å². The fourth-order valence-corrected chi connectivity index (χ4v) is 2.56. The lowest BCUT2D eigenvalue weighted by atomic mass is 10.1.